The number of carbonyl (C=O) groups excluding carboxylic acids is 2. The van der Waals surface area contributed by atoms with Gasteiger partial charge in [-0.2, -0.15) is 0 Å². The van der Waals surface area contributed by atoms with E-state index >= 15 is 0 Å². The van der Waals surface area contributed by atoms with Crippen molar-refractivity contribution in [3.05, 3.63) is 39.5 Å². The van der Waals surface area contributed by atoms with Gasteiger partial charge in [0.1, 0.15) is 11.4 Å². The topological polar surface area (TPSA) is 85.7 Å². The fourth-order valence-corrected chi connectivity index (χ4v) is 2.98. The summed E-state index contributed by atoms with van der Waals surface area (Å²) < 4.78 is 10.3. The van der Waals surface area contributed by atoms with E-state index in [-0.39, 0.29) is 30.9 Å². The Labute approximate surface area is 164 Å². The molecule has 0 radical (unpaired) electrons. The molecule has 8 heteroatoms. The molecular weight excluding hydrogens is 426 g/mol. The zero-order valence-electron chi connectivity index (χ0n) is 14.2. The molecule has 1 aromatic heterocycles. The zero-order chi connectivity index (χ0) is 19.3. The first-order valence-corrected chi connectivity index (χ1v) is 8.97. The molecule has 0 aliphatic carbocycles. The average Bonchev–Trinajstić information content (AvgIpc) is 2.62. The summed E-state index contributed by atoms with van der Waals surface area (Å²) in [5.41, 5.74) is 0.793. The summed E-state index contributed by atoms with van der Waals surface area (Å²) in [6.07, 6.45) is -0.212. The van der Waals surface area contributed by atoms with E-state index in [9.17, 15) is 14.7 Å². The van der Waals surface area contributed by atoms with E-state index in [1.807, 2.05) is 0 Å². The van der Waals surface area contributed by atoms with Crippen molar-refractivity contribution in [3.8, 4) is 22.8 Å². The third kappa shape index (κ3) is 4.53. The Morgan fingerprint density at radius 3 is 2.69 bits per heavy atom. The maximum Gasteiger partial charge on any atom is 0.306 e. The van der Waals surface area contributed by atoms with Crippen LogP contribution in [0.2, 0.25) is 5.02 Å². The molecule has 1 N–H and O–H groups in total. The van der Waals surface area contributed by atoms with Crippen LogP contribution in [0.4, 0.5) is 0 Å². The number of pyridine rings is 1. The van der Waals surface area contributed by atoms with Crippen LogP contribution < -0.4 is 4.74 Å². The van der Waals surface area contributed by atoms with Crippen molar-refractivity contribution in [2.75, 3.05) is 13.7 Å². The predicted molar refractivity (Wildman–Crippen MR) is 101 cm³/mol. The summed E-state index contributed by atoms with van der Waals surface area (Å²) in [5, 5.41) is 10.5. The van der Waals surface area contributed by atoms with Crippen molar-refractivity contribution >= 4 is 39.3 Å². The Kier molecular flexibility index (Phi) is 6.99. The molecule has 138 valence electrons. The van der Waals surface area contributed by atoms with Gasteiger partial charge in [-0.05, 0) is 35.0 Å². The van der Waals surface area contributed by atoms with Gasteiger partial charge in [0.25, 0.3) is 0 Å². The molecule has 1 heterocycles. The largest absolute Gasteiger partial charge is 0.504 e. The van der Waals surface area contributed by atoms with Gasteiger partial charge in [-0.1, -0.05) is 23.7 Å². The number of benzene rings is 1. The number of ether oxygens (including phenoxy) is 2. The normalized spacial score (nSPS) is 10.5. The number of carbonyl (C=O) groups is 2. The van der Waals surface area contributed by atoms with Gasteiger partial charge in [0.15, 0.2) is 11.5 Å². The molecule has 1 aromatic carbocycles. The maximum absolute atomic E-state index is 12.4. The monoisotopic (exact) mass is 441 g/mol. The summed E-state index contributed by atoms with van der Waals surface area (Å²) in [7, 11) is 1.50. The van der Waals surface area contributed by atoms with Crippen LogP contribution in [0.3, 0.4) is 0 Å². The number of aromatic hydroxyl groups is 1. The van der Waals surface area contributed by atoms with E-state index in [1.165, 1.54) is 7.11 Å². The van der Waals surface area contributed by atoms with Crippen molar-refractivity contribution in [2.45, 2.75) is 19.8 Å². The molecule has 0 atom stereocenters. The smallest absolute Gasteiger partial charge is 0.306 e. The SMILES string of the molecule is CCOC(=O)CCC(=O)c1nc(-c2cccc(OC)c2Cl)cc(Br)c1O. The number of methoxy groups -OCH3 is 1. The van der Waals surface area contributed by atoms with Crippen LogP contribution in [-0.2, 0) is 9.53 Å². The Morgan fingerprint density at radius 2 is 2.04 bits per heavy atom. The zero-order valence-corrected chi connectivity index (χ0v) is 16.6. The molecule has 0 spiro atoms. The van der Waals surface area contributed by atoms with Gasteiger partial charge in [-0.25, -0.2) is 4.98 Å². The molecule has 0 aliphatic heterocycles. The van der Waals surface area contributed by atoms with Gasteiger partial charge < -0.3 is 14.6 Å². The molecule has 0 aliphatic rings. The van der Waals surface area contributed by atoms with Crippen LogP contribution in [0.5, 0.6) is 11.5 Å². The van der Waals surface area contributed by atoms with Gasteiger partial charge in [0.05, 0.1) is 35.3 Å². The van der Waals surface area contributed by atoms with Gasteiger partial charge in [0, 0.05) is 12.0 Å². The van der Waals surface area contributed by atoms with Crippen LogP contribution in [0.1, 0.15) is 30.3 Å². The predicted octanol–water partition coefficient (Wildman–Crippen LogP) is 4.40. The third-order valence-corrected chi connectivity index (χ3v) is 4.53. The second-order valence-corrected chi connectivity index (χ2v) is 6.47. The molecule has 0 bridgehead atoms. The number of Topliss-reactive ketones (excluding diaryl/α,β-unsaturated/α-hetero) is 1. The number of ketones is 1. The lowest BCUT2D eigenvalue weighted by atomic mass is 10.1. The van der Waals surface area contributed by atoms with Gasteiger partial charge in [0.2, 0.25) is 0 Å². The first kappa shape index (κ1) is 20.2. The van der Waals surface area contributed by atoms with E-state index in [2.05, 4.69) is 20.9 Å². The van der Waals surface area contributed by atoms with E-state index < -0.39 is 11.8 Å². The van der Waals surface area contributed by atoms with Crippen molar-refractivity contribution in [1.82, 2.24) is 4.98 Å². The van der Waals surface area contributed by atoms with Crippen LogP contribution >= 0.6 is 27.5 Å². The highest BCUT2D eigenvalue weighted by Gasteiger charge is 2.20. The highest BCUT2D eigenvalue weighted by atomic mass is 79.9. The average molecular weight is 443 g/mol. The van der Waals surface area contributed by atoms with Crippen molar-refractivity contribution < 1.29 is 24.2 Å². The number of esters is 1. The van der Waals surface area contributed by atoms with Crippen molar-refractivity contribution in [1.29, 1.82) is 0 Å². The van der Waals surface area contributed by atoms with Crippen LogP contribution in [0.15, 0.2) is 28.7 Å². The summed E-state index contributed by atoms with van der Waals surface area (Å²) >= 11 is 9.54. The van der Waals surface area contributed by atoms with Gasteiger partial charge >= 0.3 is 5.97 Å². The van der Waals surface area contributed by atoms with Gasteiger partial charge in [-0.15, -0.1) is 0 Å². The molecule has 26 heavy (non-hydrogen) atoms. The van der Waals surface area contributed by atoms with E-state index in [1.54, 1.807) is 31.2 Å². The third-order valence-electron chi connectivity index (χ3n) is 3.53. The molecule has 0 fully saturated rings. The Balaban J connectivity index is 2.38. The fourth-order valence-electron chi connectivity index (χ4n) is 2.27. The van der Waals surface area contributed by atoms with Crippen molar-refractivity contribution in [2.24, 2.45) is 0 Å². The Hall–Kier alpha value is -2.12. The molecule has 0 saturated heterocycles. The molecule has 0 amide bonds. The lowest BCUT2D eigenvalue weighted by Gasteiger charge is -2.11. The number of aromatic nitrogens is 1. The van der Waals surface area contributed by atoms with Crippen LogP contribution in [-0.4, -0.2) is 35.6 Å². The first-order chi connectivity index (χ1) is 12.4. The minimum Gasteiger partial charge on any atom is -0.504 e. The van der Waals surface area contributed by atoms with Gasteiger partial charge in [-0.3, -0.25) is 9.59 Å². The second-order valence-electron chi connectivity index (χ2n) is 5.24. The number of halogens is 2. The van der Waals surface area contributed by atoms with Crippen LogP contribution in [0, 0.1) is 0 Å². The molecule has 0 saturated carbocycles. The quantitative estimate of drug-likeness (QED) is 0.505. The number of hydrogen-bond donors (Lipinski definition) is 1. The van der Waals surface area contributed by atoms with E-state index in [0.717, 1.165) is 0 Å². The lowest BCUT2D eigenvalue weighted by molar-refractivity contribution is -0.143. The molecule has 2 aromatic rings. The summed E-state index contributed by atoms with van der Waals surface area (Å²) in [5.74, 6) is -0.782. The maximum atomic E-state index is 12.4. The standard InChI is InChI=1S/C18H17BrClNO5/c1-3-26-15(23)8-7-13(22)17-18(24)11(19)9-12(21-17)10-5-4-6-14(25-2)16(10)20/h4-6,9,24H,3,7-8H2,1-2H3. The molecule has 2 rings (SSSR count). The minimum atomic E-state index is -0.480. The number of rotatable bonds is 7. The number of hydrogen-bond acceptors (Lipinski definition) is 6. The fraction of sp³-hybridized carbons (Fsp3) is 0.278. The molecular formula is C18H17BrClNO5. The summed E-state index contributed by atoms with van der Waals surface area (Å²) in [6.45, 7) is 1.93. The molecule has 0 unspecified atom stereocenters. The Morgan fingerprint density at radius 1 is 1.31 bits per heavy atom. The second kappa shape index (κ2) is 9.00. The lowest BCUT2D eigenvalue weighted by Crippen LogP contribution is -2.10. The highest BCUT2D eigenvalue weighted by molar-refractivity contribution is 9.10. The first-order valence-electron chi connectivity index (χ1n) is 7.80. The van der Waals surface area contributed by atoms with Crippen molar-refractivity contribution in [3.63, 3.8) is 0 Å². The van der Waals surface area contributed by atoms with Crippen LogP contribution in [0.25, 0.3) is 11.3 Å². The Bertz CT molecular complexity index is 841. The summed E-state index contributed by atoms with van der Waals surface area (Å²) in [6, 6.07) is 6.72. The molecule has 6 nitrogen and oxygen atoms in total. The highest BCUT2D eigenvalue weighted by Crippen LogP contribution is 2.38. The minimum absolute atomic E-state index is 0.0877. The summed E-state index contributed by atoms with van der Waals surface area (Å²) in [4.78, 5) is 28.1. The number of nitrogens with zero attached hydrogens (tertiary/aromatic N) is 1. The van der Waals surface area contributed by atoms with E-state index in [4.69, 9.17) is 21.1 Å². The van der Waals surface area contributed by atoms with E-state index in [0.29, 0.717) is 26.5 Å².